The van der Waals surface area contributed by atoms with E-state index in [-0.39, 0.29) is 29.3 Å². The van der Waals surface area contributed by atoms with E-state index in [9.17, 15) is 9.59 Å². The average molecular weight is 527 g/mol. The van der Waals surface area contributed by atoms with Gasteiger partial charge in [-0.2, -0.15) is 0 Å². The van der Waals surface area contributed by atoms with Crippen LogP contribution in [0, 0.1) is 40.4 Å². The second-order valence-electron chi connectivity index (χ2n) is 14.0. The van der Waals surface area contributed by atoms with Crippen molar-refractivity contribution in [3.05, 3.63) is 71.8 Å². The molecule has 1 heterocycles. The van der Waals surface area contributed by atoms with Crippen molar-refractivity contribution >= 4 is 11.8 Å². The second-order valence-corrected chi connectivity index (χ2v) is 14.0. The molecule has 2 aromatic carbocycles. The zero-order chi connectivity index (χ0) is 27.5. The van der Waals surface area contributed by atoms with E-state index in [4.69, 9.17) is 0 Å². The minimum Gasteiger partial charge on any atom is -0.342 e. The zero-order valence-corrected chi connectivity index (χ0v) is 24.5. The van der Waals surface area contributed by atoms with Crippen LogP contribution in [0.4, 0.5) is 0 Å². The highest BCUT2D eigenvalue weighted by Crippen LogP contribution is 2.66. The Bertz CT molecular complexity index is 1170. The van der Waals surface area contributed by atoms with E-state index >= 15 is 0 Å². The number of rotatable bonds is 4. The van der Waals surface area contributed by atoms with Crippen molar-refractivity contribution < 1.29 is 9.59 Å². The quantitative estimate of drug-likeness (QED) is 0.404. The van der Waals surface area contributed by atoms with Gasteiger partial charge in [-0.15, -0.1) is 0 Å². The van der Waals surface area contributed by atoms with Crippen LogP contribution in [-0.4, -0.2) is 41.8 Å². The standard InChI is InChI=1S/C35H46N2O2/c1-23-21-29-35(3,28-18-20-34(2)19-12-17-27(34)30(23)28)22-26(32(38)36(29)4)33(39)37(5)31(24-13-8-6-9-14-24)25-15-10-7-11-16-25/h6-11,13-16,23,26-31H,12,17-22H2,1-5H3/t23?,26?,27-,28+,29?,30-,34-,35+/m0/s1. The van der Waals surface area contributed by atoms with Gasteiger partial charge in [-0.05, 0) is 84.2 Å². The number of fused-ring (bicyclic) bond motifs is 5. The van der Waals surface area contributed by atoms with Crippen molar-refractivity contribution in [3.63, 3.8) is 0 Å². The molecule has 3 saturated carbocycles. The summed E-state index contributed by atoms with van der Waals surface area (Å²) in [5.74, 6) is 2.07. The van der Waals surface area contributed by atoms with Gasteiger partial charge in [0.15, 0.2) is 0 Å². The Morgan fingerprint density at radius 3 is 2.18 bits per heavy atom. The zero-order valence-electron chi connectivity index (χ0n) is 24.5. The van der Waals surface area contributed by atoms with E-state index in [0.29, 0.717) is 29.6 Å². The molecule has 4 nitrogen and oxygen atoms in total. The van der Waals surface area contributed by atoms with E-state index in [2.05, 4.69) is 45.0 Å². The Morgan fingerprint density at radius 2 is 1.56 bits per heavy atom. The van der Waals surface area contributed by atoms with Crippen LogP contribution in [0.3, 0.4) is 0 Å². The van der Waals surface area contributed by atoms with E-state index in [1.54, 1.807) is 0 Å². The molecule has 6 rings (SSSR count). The van der Waals surface area contributed by atoms with Crippen molar-refractivity contribution in [1.82, 2.24) is 9.80 Å². The number of piperidine rings is 1. The maximum Gasteiger partial charge on any atom is 0.235 e. The van der Waals surface area contributed by atoms with Crippen molar-refractivity contribution in [2.75, 3.05) is 14.1 Å². The number of carbonyl (C=O) groups is 2. The molecule has 0 bridgehead atoms. The third kappa shape index (κ3) is 4.16. The minimum atomic E-state index is -0.623. The fourth-order valence-corrected chi connectivity index (χ4v) is 10.1. The summed E-state index contributed by atoms with van der Waals surface area (Å²) >= 11 is 0. The SMILES string of the molecule is CC1CC2N(C)C(=O)C(C(=O)N(C)C(c3ccccc3)c3ccccc3)C[C@]2(C)[C@@H]2CC[C@]3(C)CCC[C@H]3[C@H]12. The smallest absolute Gasteiger partial charge is 0.235 e. The Labute approximate surface area is 235 Å². The van der Waals surface area contributed by atoms with Gasteiger partial charge in [0.05, 0.1) is 6.04 Å². The molecule has 4 fully saturated rings. The average Bonchev–Trinajstić information content (AvgIpc) is 3.34. The molecule has 0 radical (unpaired) electrons. The summed E-state index contributed by atoms with van der Waals surface area (Å²) in [7, 11) is 3.87. The van der Waals surface area contributed by atoms with Gasteiger partial charge in [-0.25, -0.2) is 0 Å². The summed E-state index contributed by atoms with van der Waals surface area (Å²) in [5.41, 5.74) is 2.60. The highest BCUT2D eigenvalue weighted by Gasteiger charge is 2.63. The lowest BCUT2D eigenvalue weighted by Gasteiger charge is -2.64. The van der Waals surface area contributed by atoms with Gasteiger partial charge in [0.25, 0.3) is 0 Å². The molecule has 4 aliphatic rings. The summed E-state index contributed by atoms with van der Waals surface area (Å²) in [6.07, 6.45) is 8.38. The van der Waals surface area contributed by atoms with Crippen molar-refractivity contribution in [1.29, 1.82) is 0 Å². The Hall–Kier alpha value is -2.62. The van der Waals surface area contributed by atoms with Crippen LogP contribution in [0.1, 0.15) is 82.9 Å². The van der Waals surface area contributed by atoms with Crippen LogP contribution in [0.25, 0.3) is 0 Å². The topological polar surface area (TPSA) is 40.6 Å². The van der Waals surface area contributed by atoms with Gasteiger partial charge >= 0.3 is 0 Å². The fraction of sp³-hybridized carbons (Fsp3) is 0.600. The highest BCUT2D eigenvalue weighted by molar-refractivity contribution is 6.01. The van der Waals surface area contributed by atoms with Crippen LogP contribution in [0.15, 0.2) is 60.7 Å². The second kappa shape index (κ2) is 9.78. The summed E-state index contributed by atoms with van der Waals surface area (Å²) in [6, 6.07) is 20.5. The number of benzene rings is 2. The van der Waals surface area contributed by atoms with Crippen LogP contribution in [0.2, 0.25) is 0 Å². The summed E-state index contributed by atoms with van der Waals surface area (Å²) < 4.78 is 0. The Kier molecular flexibility index (Phi) is 6.67. The summed E-state index contributed by atoms with van der Waals surface area (Å²) in [6.45, 7) is 7.44. The minimum absolute atomic E-state index is 0.0152. The number of nitrogens with zero attached hydrogens (tertiary/aromatic N) is 2. The molecule has 3 unspecified atom stereocenters. The summed E-state index contributed by atoms with van der Waals surface area (Å²) in [5, 5.41) is 0. The van der Waals surface area contributed by atoms with Gasteiger partial charge in [0.1, 0.15) is 5.92 Å². The number of hydrogen-bond acceptors (Lipinski definition) is 2. The molecular formula is C35H46N2O2. The molecule has 0 aromatic heterocycles. The number of likely N-dealkylation sites (tertiary alicyclic amines) is 1. The number of carbonyl (C=O) groups excluding carboxylic acids is 2. The van der Waals surface area contributed by atoms with Crippen LogP contribution >= 0.6 is 0 Å². The lowest BCUT2D eigenvalue weighted by Crippen LogP contribution is -2.66. The van der Waals surface area contributed by atoms with Crippen LogP contribution < -0.4 is 0 Å². The van der Waals surface area contributed by atoms with Gasteiger partial charge in [0, 0.05) is 20.1 Å². The van der Waals surface area contributed by atoms with Crippen LogP contribution in [-0.2, 0) is 9.59 Å². The lowest BCUT2D eigenvalue weighted by atomic mass is 9.44. The first-order valence-electron chi connectivity index (χ1n) is 15.3. The Balaban J connectivity index is 1.33. The lowest BCUT2D eigenvalue weighted by molar-refractivity contribution is -0.178. The van der Waals surface area contributed by atoms with Gasteiger partial charge in [0.2, 0.25) is 11.8 Å². The Morgan fingerprint density at radius 1 is 0.949 bits per heavy atom. The maximum absolute atomic E-state index is 14.4. The first kappa shape index (κ1) is 26.6. The van der Waals surface area contributed by atoms with Crippen molar-refractivity contribution in [2.24, 2.45) is 40.4 Å². The molecule has 0 N–H and O–H groups in total. The maximum atomic E-state index is 14.4. The molecule has 2 amide bonds. The molecule has 8 atom stereocenters. The van der Waals surface area contributed by atoms with Gasteiger partial charge < -0.3 is 9.80 Å². The molecule has 1 saturated heterocycles. The van der Waals surface area contributed by atoms with E-state index < -0.39 is 5.92 Å². The molecule has 39 heavy (non-hydrogen) atoms. The first-order valence-corrected chi connectivity index (χ1v) is 15.3. The molecule has 2 aromatic rings. The normalized spacial score (nSPS) is 37.7. The number of amides is 2. The predicted octanol–water partition coefficient (Wildman–Crippen LogP) is 6.96. The van der Waals surface area contributed by atoms with Gasteiger partial charge in [-0.3, -0.25) is 9.59 Å². The largest absolute Gasteiger partial charge is 0.342 e. The molecular weight excluding hydrogens is 480 g/mol. The predicted molar refractivity (Wildman–Crippen MR) is 156 cm³/mol. The highest BCUT2D eigenvalue weighted by atomic mass is 16.2. The van der Waals surface area contributed by atoms with Crippen LogP contribution in [0.5, 0.6) is 0 Å². The third-order valence-electron chi connectivity index (χ3n) is 12.0. The molecule has 3 aliphatic carbocycles. The monoisotopic (exact) mass is 526 g/mol. The fourth-order valence-electron chi connectivity index (χ4n) is 10.1. The van der Waals surface area contributed by atoms with Crippen molar-refractivity contribution in [3.8, 4) is 0 Å². The molecule has 1 aliphatic heterocycles. The van der Waals surface area contributed by atoms with E-state index in [0.717, 1.165) is 23.5 Å². The molecule has 208 valence electrons. The number of hydrogen-bond donors (Lipinski definition) is 0. The molecule has 4 heteroatoms. The third-order valence-corrected chi connectivity index (χ3v) is 12.0. The first-order chi connectivity index (χ1) is 18.7. The molecule has 0 spiro atoms. The van der Waals surface area contributed by atoms with E-state index in [1.165, 1.54) is 32.1 Å². The van der Waals surface area contributed by atoms with Crippen molar-refractivity contribution in [2.45, 2.75) is 77.8 Å². The van der Waals surface area contributed by atoms with E-state index in [1.807, 2.05) is 60.3 Å². The van der Waals surface area contributed by atoms with Gasteiger partial charge in [-0.1, -0.05) is 87.9 Å². The summed E-state index contributed by atoms with van der Waals surface area (Å²) in [4.78, 5) is 32.2.